The number of anilines is 1. The number of carboxylic acids is 1. The van der Waals surface area contributed by atoms with Crippen LogP contribution in [0.2, 0.25) is 0 Å². The molecular weight excluding hydrogens is 272 g/mol. The van der Waals surface area contributed by atoms with E-state index in [-0.39, 0.29) is 24.8 Å². The van der Waals surface area contributed by atoms with Gasteiger partial charge in [-0.05, 0) is 30.5 Å². The number of carboxylic acid groups (broad SMARTS) is 1. The Bertz CT molecular complexity index is 556. The number of aliphatic carboxylic acids is 1. The molecule has 1 aliphatic heterocycles. The lowest BCUT2D eigenvalue weighted by molar-refractivity contribution is -0.137. The van der Waals surface area contributed by atoms with Crippen LogP contribution in [-0.4, -0.2) is 40.9 Å². The minimum absolute atomic E-state index is 0.0142. The first kappa shape index (κ1) is 15.0. The van der Waals surface area contributed by atoms with Gasteiger partial charge in [-0.2, -0.15) is 0 Å². The molecule has 0 saturated carbocycles. The first-order valence-electron chi connectivity index (χ1n) is 6.93. The Morgan fingerprint density at radius 1 is 1.33 bits per heavy atom. The number of hydrogen-bond donors (Lipinski definition) is 2. The predicted octanol–water partition coefficient (Wildman–Crippen LogP) is 1.26. The van der Waals surface area contributed by atoms with E-state index in [9.17, 15) is 14.4 Å². The van der Waals surface area contributed by atoms with Gasteiger partial charge in [-0.15, -0.1) is 0 Å². The number of nitrogens with one attached hydrogen (secondary N) is 1. The highest BCUT2D eigenvalue weighted by Gasteiger charge is 2.22. The van der Waals surface area contributed by atoms with Crippen molar-refractivity contribution in [1.82, 2.24) is 4.90 Å². The molecule has 1 aliphatic rings. The summed E-state index contributed by atoms with van der Waals surface area (Å²) in [5, 5.41) is 11.4. The van der Waals surface area contributed by atoms with E-state index >= 15 is 0 Å². The number of likely N-dealkylation sites (tertiary alicyclic amines) is 1. The zero-order valence-electron chi connectivity index (χ0n) is 11.7. The van der Waals surface area contributed by atoms with Crippen molar-refractivity contribution in [3.05, 3.63) is 29.8 Å². The van der Waals surface area contributed by atoms with Crippen molar-refractivity contribution in [2.75, 3.05) is 18.4 Å². The largest absolute Gasteiger partial charge is 0.481 e. The van der Waals surface area contributed by atoms with Crippen molar-refractivity contribution in [2.24, 2.45) is 0 Å². The Morgan fingerprint density at radius 3 is 2.81 bits per heavy atom. The van der Waals surface area contributed by atoms with Gasteiger partial charge in [-0.3, -0.25) is 14.4 Å². The maximum atomic E-state index is 11.9. The van der Waals surface area contributed by atoms with Crippen LogP contribution in [0.3, 0.4) is 0 Å². The smallest absolute Gasteiger partial charge is 0.303 e. The van der Waals surface area contributed by atoms with E-state index in [4.69, 9.17) is 5.11 Å². The van der Waals surface area contributed by atoms with Gasteiger partial charge < -0.3 is 15.3 Å². The molecule has 2 rings (SSSR count). The molecule has 0 aliphatic carbocycles. The van der Waals surface area contributed by atoms with E-state index in [0.717, 1.165) is 12.0 Å². The second kappa shape index (κ2) is 6.88. The van der Waals surface area contributed by atoms with Crippen LogP contribution in [0.15, 0.2) is 24.3 Å². The first-order valence-corrected chi connectivity index (χ1v) is 6.93. The fourth-order valence-corrected chi connectivity index (χ4v) is 2.30. The summed E-state index contributed by atoms with van der Waals surface area (Å²) in [4.78, 5) is 35.4. The third-order valence-electron chi connectivity index (χ3n) is 3.34. The number of amides is 2. The van der Waals surface area contributed by atoms with Crippen LogP contribution in [0.5, 0.6) is 0 Å². The molecule has 0 unspecified atom stereocenters. The molecule has 1 aromatic rings. The molecule has 2 amide bonds. The van der Waals surface area contributed by atoms with Gasteiger partial charge >= 0.3 is 5.97 Å². The standard InChI is InChI=1S/C15H18N2O4/c18-13(10-17-8-2-5-14(17)19)16-12-4-1-3-11(9-12)6-7-15(20)21/h1,3-4,9H,2,5-8,10H2,(H,16,18)(H,20,21). The van der Waals surface area contributed by atoms with Gasteiger partial charge in [0.25, 0.3) is 0 Å². The van der Waals surface area contributed by atoms with E-state index in [0.29, 0.717) is 25.1 Å². The van der Waals surface area contributed by atoms with E-state index in [1.807, 2.05) is 6.07 Å². The molecule has 0 radical (unpaired) electrons. The zero-order chi connectivity index (χ0) is 15.2. The van der Waals surface area contributed by atoms with Crippen LogP contribution in [0.25, 0.3) is 0 Å². The van der Waals surface area contributed by atoms with Crippen LogP contribution in [0.4, 0.5) is 5.69 Å². The summed E-state index contributed by atoms with van der Waals surface area (Å²) in [6.45, 7) is 0.698. The van der Waals surface area contributed by atoms with Gasteiger partial charge in [0.1, 0.15) is 0 Å². The Morgan fingerprint density at radius 2 is 2.14 bits per heavy atom. The van der Waals surface area contributed by atoms with E-state index in [1.54, 1.807) is 23.1 Å². The number of nitrogens with zero attached hydrogens (tertiary/aromatic N) is 1. The highest BCUT2D eigenvalue weighted by molar-refractivity contribution is 5.94. The lowest BCUT2D eigenvalue weighted by Crippen LogP contribution is -2.33. The highest BCUT2D eigenvalue weighted by atomic mass is 16.4. The van der Waals surface area contributed by atoms with Crippen LogP contribution < -0.4 is 5.32 Å². The molecule has 2 N–H and O–H groups in total. The second-order valence-electron chi connectivity index (χ2n) is 5.06. The molecule has 0 spiro atoms. The minimum atomic E-state index is -0.850. The number of hydrogen-bond acceptors (Lipinski definition) is 3. The van der Waals surface area contributed by atoms with Gasteiger partial charge in [0.05, 0.1) is 6.54 Å². The molecule has 1 heterocycles. The third kappa shape index (κ3) is 4.59. The fraction of sp³-hybridized carbons (Fsp3) is 0.400. The normalized spacial score (nSPS) is 14.3. The van der Waals surface area contributed by atoms with Gasteiger partial charge in [0.15, 0.2) is 0 Å². The molecular formula is C15H18N2O4. The summed E-state index contributed by atoms with van der Waals surface area (Å²) in [6.07, 6.45) is 1.79. The molecule has 1 aromatic carbocycles. The molecule has 21 heavy (non-hydrogen) atoms. The van der Waals surface area contributed by atoms with E-state index < -0.39 is 5.97 Å². The van der Waals surface area contributed by atoms with Crippen molar-refractivity contribution >= 4 is 23.5 Å². The molecule has 112 valence electrons. The summed E-state index contributed by atoms with van der Waals surface area (Å²) in [5.41, 5.74) is 1.47. The molecule has 0 aromatic heterocycles. The maximum absolute atomic E-state index is 11.9. The molecule has 6 nitrogen and oxygen atoms in total. The Hall–Kier alpha value is -2.37. The first-order chi connectivity index (χ1) is 10.0. The summed E-state index contributed by atoms with van der Waals surface area (Å²) in [6, 6.07) is 7.09. The topological polar surface area (TPSA) is 86.7 Å². The van der Waals surface area contributed by atoms with E-state index in [2.05, 4.69) is 5.32 Å². The molecule has 6 heteroatoms. The van der Waals surface area contributed by atoms with Gasteiger partial charge in [-0.1, -0.05) is 12.1 Å². The van der Waals surface area contributed by atoms with Crippen LogP contribution in [0.1, 0.15) is 24.8 Å². The zero-order valence-corrected chi connectivity index (χ0v) is 11.7. The summed E-state index contributed by atoms with van der Waals surface area (Å²) < 4.78 is 0. The number of benzene rings is 1. The fourth-order valence-electron chi connectivity index (χ4n) is 2.30. The molecule has 1 fully saturated rings. The average molecular weight is 290 g/mol. The van der Waals surface area contributed by atoms with Crippen molar-refractivity contribution in [3.63, 3.8) is 0 Å². The summed E-state index contributed by atoms with van der Waals surface area (Å²) in [5.74, 6) is -1.07. The Balaban J connectivity index is 1.89. The van der Waals surface area contributed by atoms with Crippen LogP contribution >= 0.6 is 0 Å². The van der Waals surface area contributed by atoms with Gasteiger partial charge in [0.2, 0.25) is 11.8 Å². The Kier molecular flexibility index (Phi) is 4.92. The second-order valence-corrected chi connectivity index (χ2v) is 5.06. The number of carbonyl (C=O) groups is 3. The highest BCUT2D eigenvalue weighted by Crippen LogP contribution is 2.13. The number of aryl methyl sites for hydroxylation is 1. The van der Waals surface area contributed by atoms with Crippen molar-refractivity contribution in [1.29, 1.82) is 0 Å². The SMILES string of the molecule is O=C(O)CCc1cccc(NC(=O)CN2CCCC2=O)c1. The third-order valence-corrected chi connectivity index (χ3v) is 3.34. The van der Waals surface area contributed by atoms with Crippen LogP contribution in [0, 0.1) is 0 Å². The monoisotopic (exact) mass is 290 g/mol. The molecule has 1 saturated heterocycles. The number of carbonyl (C=O) groups excluding carboxylic acids is 2. The van der Waals surface area contributed by atoms with Crippen molar-refractivity contribution < 1.29 is 19.5 Å². The van der Waals surface area contributed by atoms with E-state index in [1.165, 1.54) is 0 Å². The lowest BCUT2D eigenvalue weighted by atomic mass is 10.1. The minimum Gasteiger partial charge on any atom is -0.481 e. The van der Waals surface area contributed by atoms with Crippen molar-refractivity contribution in [3.8, 4) is 0 Å². The molecule has 0 bridgehead atoms. The summed E-state index contributed by atoms with van der Waals surface area (Å²) in [7, 11) is 0. The predicted molar refractivity (Wildman–Crippen MR) is 76.8 cm³/mol. The number of rotatable bonds is 6. The van der Waals surface area contributed by atoms with Gasteiger partial charge in [-0.25, -0.2) is 0 Å². The average Bonchev–Trinajstić information content (AvgIpc) is 2.82. The van der Waals surface area contributed by atoms with Crippen LogP contribution in [-0.2, 0) is 20.8 Å². The van der Waals surface area contributed by atoms with Crippen molar-refractivity contribution in [2.45, 2.75) is 25.7 Å². The quantitative estimate of drug-likeness (QED) is 0.826. The maximum Gasteiger partial charge on any atom is 0.303 e. The lowest BCUT2D eigenvalue weighted by Gasteiger charge is -2.15. The van der Waals surface area contributed by atoms with Gasteiger partial charge in [0, 0.05) is 25.1 Å². The summed E-state index contributed by atoms with van der Waals surface area (Å²) >= 11 is 0. The molecule has 0 atom stereocenters. The Labute approximate surface area is 122 Å².